The fourth-order valence-electron chi connectivity index (χ4n) is 3.81. The average Bonchev–Trinajstić information content (AvgIpc) is 3.11. The molecule has 0 saturated carbocycles. The van der Waals surface area contributed by atoms with Gasteiger partial charge < -0.3 is 10.2 Å². The first kappa shape index (κ1) is 20.8. The highest BCUT2D eigenvalue weighted by Crippen LogP contribution is 2.35. The van der Waals surface area contributed by atoms with Crippen LogP contribution in [0, 0.1) is 13.8 Å². The number of benzene rings is 2. The van der Waals surface area contributed by atoms with Crippen molar-refractivity contribution >= 4 is 34.1 Å². The van der Waals surface area contributed by atoms with Gasteiger partial charge in [0, 0.05) is 37.2 Å². The molecule has 1 N–H and O–H groups in total. The SMILES string of the molecule is Cc1cccc(NC(=O)CSC2=NC3(CCN(C)CC3)N=C2c2ccccc2)c1C. The fraction of sp³-hybridized carbons (Fsp3) is 0.375. The molecule has 1 fully saturated rings. The van der Waals surface area contributed by atoms with Crippen LogP contribution in [0.2, 0.25) is 0 Å². The van der Waals surface area contributed by atoms with Crippen LogP contribution in [-0.4, -0.2) is 53.1 Å². The lowest BCUT2D eigenvalue weighted by Crippen LogP contribution is -2.39. The molecule has 0 atom stereocenters. The minimum Gasteiger partial charge on any atom is -0.325 e. The molecular weight excluding hydrogens is 392 g/mol. The van der Waals surface area contributed by atoms with E-state index >= 15 is 0 Å². The summed E-state index contributed by atoms with van der Waals surface area (Å²) in [6, 6.07) is 16.2. The largest absolute Gasteiger partial charge is 0.325 e. The van der Waals surface area contributed by atoms with Crippen LogP contribution in [-0.2, 0) is 4.79 Å². The van der Waals surface area contributed by atoms with Gasteiger partial charge in [0.05, 0.1) is 11.5 Å². The quantitative estimate of drug-likeness (QED) is 0.802. The van der Waals surface area contributed by atoms with Gasteiger partial charge in [0.2, 0.25) is 5.91 Å². The number of nitrogens with zero attached hydrogens (tertiary/aromatic N) is 3. The van der Waals surface area contributed by atoms with E-state index in [1.807, 2.05) is 37.3 Å². The summed E-state index contributed by atoms with van der Waals surface area (Å²) in [7, 11) is 2.14. The molecule has 2 aliphatic rings. The Kier molecular flexibility index (Phi) is 6.06. The third kappa shape index (κ3) is 4.50. The number of nitrogens with one attached hydrogen (secondary N) is 1. The molecule has 5 nitrogen and oxygen atoms in total. The highest BCUT2D eigenvalue weighted by atomic mass is 32.2. The van der Waals surface area contributed by atoms with Crippen molar-refractivity contribution in [1.82, 2.24) is 4.90 Å². The number of amides is 1. The zero-order chi connectivity index (χ0) is 21.1. The first-order valence-electron chi connectivity index (χ1n) is 10.4. The second kappa shape index (κ2) is 8.74. The predicted octanol–water partition coefficient (Wildman–Crippen LogP) is 4.30. The summed E-state index contributed by atoms with van der Waals surface area (Å²) in [4.78, 5) is 25.1. The van der Waals surface area contributed by atoms with Gasteiger partial charge in [-0.15, -0.1) is 0 Å². The molecule has 2 heterocycles. The standard InChI is InChI=1S/C24H28N4OS/c1-17-8-7-11-20(18(17)2)25-21(29)16-30-23-22(19-9-5-4-6-10-19)26-24(27-23)12-14-28(3)15-13-24/h4-11H,12-16H2,1-3H3,(H,25,29). The first-order valence-corrected chi connectivity index (χ1v) is 11.4. The second-order valence-corrected chi connectivity index (χ2v) is 9.08. The number of thioether (sulfide) groups is 1. The van der Waals surface area contributed by atoms with Crippen molar-refractivity contribution in [2.24, 2.45) is 9.98 Å². The normalized spacial score (nSPS) is 18.2. The minimum absolute atomic E-state index is 0.0202. The number of likely N-dealkylation sites (tertiary alicyclic amines) is 1. The summed E-state index contributed by atoms with van der Waals surface area (Å²) >= 11 is 1.49. The Morgan fingerprint density at radius 1 is 1.07 bits per heavy atom. The van der Waals surface area contributed by atoms with Crippen LogP contribution in [0.25, 0.3) is 0 Å². The molecule has 2 aromatic carbocycles. The average molecular weight is 421 g/mol. The first-order chi connectivity index (χ1) is 14.5. The number of piperidine rings is 1. The number of carbonyl (C=O) groups excluding carboxylic acids is 1. The fourth-order valence-corrected chi connectivity index (χ4v) is 4.69. The van der Waals surface area contributed by atoms with E-state index in [1.54, 1.807) is 0 Å². The topological polar surface area (TPSA) is 57.1 Å². The molecule has 1 spiro atoms. The Labute approximate surface area is 182 Å². The van der Waals surface area contributed by atoms with Crippen molar-refractivity contribution in [3.63, 3.8) is 0 Å². The van der Waals surface area contributed by atoms with Gasteiger partial charge in [0.15, 0.2) is 5.66 Å². The third-order valence-corrected chi connectivity index (χ3v) is 6.85. The molecule has 4 rings (SSSR count). The van der Waals surface area contributed by atoms with Crippen molar-refractivity contribution in [2.45, 2.75) is 32.4 Å². The molecule has 30 heavy (non-hydrogen) atoms. The lowest BCUT2D eigenvalue weighted by molar-refractivity contribution is -0.113. The molecule has 2 aromatic rings. The van der Waals surface area contributed by atoms with Crippen LogP contribution in [0.15, 0.2) is 58.5 Å². The van der Waals surface area contributed by atoms with Crippen molar-refractivity contribution < 1.29 is 4.79 Å². The lowest BCUT2D eigenvalue weighted by Gasteiger charge is -2.33. The van der Waals surface area contributed by atoms with Gasteiger partial charge in [-0.2, -0.15) is 0 Å². The van der Waals surface area contributed by atoms with Crippen LogP contribution in [0.1, 0.15) is 29.5 Å². The van der Waals surface area contributed by atoms with E-state index in [0.29, 0.717) is 5.75 Å². The molecule has 6 heteroatoms. The van der Waals surface area contributed by atoms with Crippen molar-refractivity contribution in [3.8, 4) is 0 Å². The summed E-state index contributed by atoms with van der Waals surface area (Å²) in [5.41, 5.74) is 4.76. The van der Waals surface area contributed by atoms with Crippen LogP contribution in [0.4, 0.5) is 5.69 Å². The summed E-state index contributed by atoms with van der Waals surface area (Å²) in [5.74, 6) is 0.293. The Morgan fingerprint density at radius 2 is 1.80 bits per heavy atom. The molecule has 0 aromatic heterocycles. The predicted molar refractivity (Wildman–Crippen MR) is 127 cm³/mol. The second-order valence-electron chi connectivity index (χ2n) is 8.11. The van der Waals surface area contributed by atoms with Gasteiger partial charge in [-0.3, -0.25) is 9.79 Å². The Balaban J connectivity index is 1.50. The summed E-state index contributed by atoms with van der Waals surface area (Å²) < 4.78 is 0. The van der Waals surface area contributed by atoms with Gasteiger partial charge in [-0.05, 0) is 38.1 Å². The molecule has 0 unspecified atom stereocenters. The maximum atomic E-state index is 12.7. The van der Waals surface area contributed by atoms with Crippen LogP contribution in [0.5, 0.6) is 0 Å². The minimum atomic E-state index is -0.371. The molecule has 0 aliphatic carbocycles. The monoisotopic (exact) mass is 420 g/mol. The zero-order valence-corrected chi connectivity index (χ0v) is 18.6. The zero-order valence-electron chi connectivity index (χ0n) is 17.8. The van der Waals surface area contributed by atoms with Crippen LogP contribution < -0.4 is 5.32 Å². The number of carbonyl (C=O) groups is 1. The van der Waals surface area contributed by atoms with Gasteiger partial charge in [0.25, 0.3) is 0 Å². The highest BCUT2D eigenvalue weighted by Gasteiger charge is 2.39. The molecule has 2 aliphatic heterocycles. The number of hydrogen-bond acceptors (Lipinski definition) is 5. The van der Waals surface area contributed by atoms with E-state index in [1.165, 1.54) is 17.3 Å². The van der Waals surface area contributed by atoms with Crippen LogP contribution >= 0.6 is 11.8 Å². The molecule has 156 valence electrons. The number of rotatable bonds is 4. The number of anilines is 1. The smallest absolute Gasteiger partial charge is 0.234 e. The van der Waals surface area contributed by atoms with E-state index in [4.69, 9.17) is 9.98 Å². The maximum Gasteiger partial charge on any atom is 0.234 e. The Morgan fingerprint density at radius 3 is 2.53 bits per heavy atom. The van der Waals surface area contributed by atoms with Crippen molar-refractivity contribution in [3.05, 3.63) is 65.2 Å². The van der Waals surface area contributed by atoms with Gasteiger partial charge in [-0.25, -0.2) is 4.99 Å². The van der Waals surface area contributed by atoms with Gasteiger partial charge >= 0.3 is 0 Å². The summed E-state index contributed by atoms with van der Waals surface area (Å²) in [6.07, 6.45) is 1.83. The van der Waals surface area contributed by atoms with Gasteiger partial charge in [0.1, 0.15) is 5.04 Å². The van der Waals surface area contributed by atoms with Crippen molar-refractivity contribution in [1.29, 1.82) is 0 Å². The third-order valence-electron chi connectivity index (χ3n) is 5.89. The summed E-state index contributed by atoms with van der Waals surface area (Å²) in [6.45, 7) is 6.06. The number of hydrogen-bond donors (Lipinski definition) is 1. The summed E-state index contributed by atoms with van der Waals surface area (Å²) in [5, 5.41) is 3.92. The Hall–Kier alpha value is -2.44. The number of aliphatic imine (C=N–C) groups is 2. The lowest BCUT2D eigenvalue weighted by atomic mass is 9.99. The van der Waals surface area contributed by atoms with Gasteiger partial charge in [-0.1, -0.05) is 54.2 Å². The molecular formula is C24H28N4OS. The van der Waals surface area contributed by atoms with E-state index in [0.717, 1.165) is 53.5 Å². The van der Waals surface area contributed by atoms with E-state index < -0.39 is 0 Å². The number of aryl methyl sites for hydroxylation is 1. The van der Waals surface area contributed by atoms with Crippen LogP contribution in [0.3, 0.4) is 0 Å². The van der Waals surface area contributed by atoms with E-state index in [-0.39, 0.29) is 11.6 Å². The molecule has 1 saturated heterocycles. The molecule has 0 bridgehead atoms. The molecule has 0 radical (unpaired) electrons. The highest BCUT2D eigenvalue weighted by molar-refractivity contribution is 8.16. The molecule has 1 amide bonds. The maximum absolute atomic E-state index is 12.7. The Bertz CT molecular complexity index is 992. The van der Waals surface area contributed by atoms with E-state index in [9.17, 15) is 4.79 Å². The van der Waals surface area contributed by atoms with Crippen molar-refractivity contribution in [2.75, 3.05) is 31.2 Å². The van der Waals surface area contributed by atoms with E-state index in [2.05, 4.69) is 42.4 Å².